The maximum Gasteiger partial charge on any atom is 0.286 e. The zero-order chi connectivity index (χ0) is 21.3. The standard InChI is InChI=1S/C21H18FN3O3S2/c1-2-11-25-17-10-9-14(23-21(26)18-8-5-12-29-18)13-19(17)30(27,28)24-20(25)15-6-3-4-7-16(15)22/h3-10,12-13H,2,11H2,1H3,(H,23,26). The largest absolute Gasteiger partial charge is 0.324 e. The lowest BCUT2D eigenvalue weighted by atomic mass is 10.1. The fourth-order valence-electron chi connectivity index (χ4n) is 3.24. The summed E-state index contributed by atoms with van der Waals surface area (Å²) >= 11 is 1.29. The molecule has 0 atom stereocenters. The Morgan fingerprint density at radius 3 is 2.67 bits per heavy atom. The van der Waals surface area contributed by atoms with Crippen LogP contribution in [0.25, 0.3) is 0 Å². The fraction of sp³-hybridized carbons (Fsp3) is 0.143. The topological polar surface area (TPSA) is 78.8 Å². The Bertz CT molecular complexity index is 1240. The number of benzene rings is 2. The van der Waals surface area contributed by atoms with Gasteiger partial charge in [-0.05, 0) is 48.2 Å². The third kappa shape index (κ3) is 3.73. The smallest absolute Gasteiger partial charge is 0.286 e. The number of halogens is 1. The van der Waals surface area contributed by atoms with Gasteiger partial charge in [0.2, 0.25) is 0 Å². The van der Waals surface area contributed by atoms with E-state index in [1.54, 1.807) is 40.6 Å². The first-order chi connectivity index (χ1) is 14.4. The number of amidine groups is 1. The minimum Gasteiger partial charge on any atom is -0.324 e. The molecule has 154 valence electrons. The Labute approximate surface area is 177 Å². The molecular weight excluding hydrogens is 425 g/mol. The van der Waals surface area contributed by atoms with E-state index in [4.69, 9.17) is 0 Å². The molecule has 9 heteroatoms. The lowest BCUT2D eigenvalue weighted by molar-refractivity contribution is 0.103. The van der Waals surface area contributed by atoms with Gasteiger partial charge in [0.15, 0.2) is 5.84 Å². The first-order valence-electron chi connectivity index (χ1n) is 9.27. The van der Waals surface area contributed by atoms with Crippen LogP contribution in [0.15, 0.2) is 69.3 Å². The predicted octanol–water partition coefficient (Wildman–Crippen LogP) is 4.51. The van der Waals surface area contributed by atoms with Crippen LogP contribution < -0.4 is 10.2 Å². The number of rotatable bonds is 5. The van der Waals surface area contributed by atoms with Crippen molar-refractivity contribution >= 4 is 44.5 Å². The Balaban J connectivity index is 1.77. The number of anilines is 2. The second-order valence-electron chi connectivity index (χ2n) is 6.64. The normalized spacial score (nSPS) is 14.7. The maximum absolute atomic E-state index is 14.4. The molecule has 2 aromatic carbocycles. The summed E-state index contributed by atoms with van der Waals surface area (Å²) in [6.07, 6.45) is 0.698. The third-order valence-electron chi connectivity index (χ3n) is 4.56. The van der Waals surface area contributed by atoms with E-state index in [2.05, 4.69) is 9.71 Å². The number of fused-ring (bicyclic) bond motifs is 1. The van der Waals surface area contributed by atoms with Crippen molar-refractivity contribution in [2.24, 2.45) is 4.40 Å². The molecule has 4 rings (SSSR count). The summed E-state index contributed by atoms with van der Waals surface area (Å²) < 4.78 is 44.2. The molecule has 0 radical (unpaired) electrons. The SMILES string of the molecule is CCCN1C(c2ccccc2F)=NS(=O)(=O)c2cc(NC(=O)c3cccs3)ccc21. The molecule has 1 amide bonds. The number of nitrogens with zero attached hydrogens (tertiary/aromatic N) is 2. The fourth-order valence-corrected chi connectivity index (χ4v) is 5.10. The van der Waals surface area contributed by atoms with Crippen molar-refractivity contribution < 1.29 is 17.6 Å². The van der Waals surface area contributed by atoms with Crippen LogP contribution in [0.5, 0.6) is 0 Å². The number of hydrogen-bond acceptors (Lipinski definition) is 5. The van der Waals surface area contributed by atoms with Gasteiger partial charge >= 0.3 is 0 Å². The zero-order valence-corrected chi connectivity index (χ0v) is 17.6. The number of sulfonamides is 1. The van der Waals surface area contributed by atoms with E-state index in [1.807, 2.05) is 6.92 Å². The van der Waals surface area contributed by atoms with E-state index in [1.165, 1.54) is 35.6 Å². The van der Waals surface area contributed by atoms with Crippen LogP contribution in [-0.4, -0.2) is 26.7 Å². The van der Waals surface area contributed by atoms with Crippen LogP contribution in [0.1, 0.15) is 28.6 Å². The number of hydrogen-bond donors (Lipinski definition) is 1. The Kier molecular flexibility index (Phi) is 5.40. The van der Waals surface area contributed by atoms with Gasteiger partial charge in [-0.1, -0.05) is 25.1 Å². The van der Waals surface area contributed by atoms with Crippen LogP contribution in [-0.2, 0) is 10.0 Å². The van der Waals surface area contributed by atoms with Gasteiger partial charge in [-0.3, -0.25) is 4.79 Å². The minimum atomic E-state index is -4.09. The summed E-state index contributed by atoms with van der Waals surface area (Å²) in [7, 11) is -4.09. The highest BCUT2D eigenvalue weighted by Crippen LogP contribution is 2.36. The quantitative estimate of drug-likeness (QED) is 0.630. The van der Waals surface area contributed by atoms with Crippen molar-refractivity contribution in [3.05, 3.63) is 76.2 Å². The zero-order valence-electron chi connectivity index (χ0n) is 16.0. The molecule has 0 unspecified atom stereocenters. The van der Waals surface area contributed by atoms with Gasteiger partial charge in [-0.2, -0.15) is 8.42 Å². The highest BCUT2D eigenvalue weighted by molar-refractivity contribution is 7.90. The van der Waals surface area contributed by atoms with Crippen LogP contribution in [0.2, 0.25) is 0 Å². The van der Waals surface area contributed by atoms with Crippen molar-refractivity contribution in [3.8, 4) is 0 Å². The molecule has 0 aliphatic carbocycles. The Morgan fingerprint density at radius 2 is 1.97 bits per heavy atom. The van der Waals surface area contributed by atoms with E-state index in [9.17, 15) is 17.6 Å². The molecule has 6 nitrogen and oxygen atoms in total. The monoisotopic (exact) mass is 443 g/mol. The predicted molar refractivity (Wildman–Crippen MR) is 116 cm³/mol. The number of thiophene rings is 1. The van der Waals surface area contributed by atoms with Gasteiger partial charge in [0.05, 0.1) is 16.1 Å². The average Bonchev–Trinajstić information content (AvgIpc) is 3.26. The lowest BCUT2D eigenvalue weighted by Gasteiger charge is -2.31. The lowest BCUT2D eigenvalue weighted by Crippen LogP contribution is -2.37. The summed E-state index contributed by atoms with van der Waals surface area (Å²) in [5.74, 6) is -0.812. The van der Waals surface area contributed by atoms with Crippen LogP contribution in [0.4, 0.5) is 15.8 Å². The summed E-state index contributed by atoms with van der Waals surface area (Å²) in [4.78, 5) is 14.5. The van der Waals surface area contributed by atoms with Crippen molar-refractivity contribution in [3.63, 3.8) is 0 Å². The second-order valence-corrected chi connectivity index (χ2v) is 9.16. The Hall–Kier alpha value is -3.04. The molecule has 0 spiro atoms. The number of carbonyl (C=O) groups is 1. The third-order valence-corrected chi connectivity index (χ3v) is 6.72. The molecule has 2 heterocycles. The summed E-state index contributed by atoms with van der Waals surface area (Å²) in [6, 6.07) is 14.0. The molecule has 3 aromatic rings. The van der Waals surface area contributed by atoms with Gasteiger partial charge in [-0.15, -0.1) is 15.7 Å². The highest BCUT2D eigenvalue weighted by Gasteiger charge is 2.32. The molecule has 1 aliphatic heterocycles. The second kappa shape index (κ2) is 8.00. The molecule has 30 heavy (non-hydrogen) atoms. The molecule has 0 bridgehead atoms. The molecular formula is C21H18FN3O3S2. The molecule has 0 saturated heterocycles. The van der Waals surface area contributed by atoms with E-state index in [0.717, 1.165) is 0 Å². The van der Waals surface area contributed by atoms with Gasteiger partial charge < -0.3 is 10.2 Å². The van der Waals surface area contributed by atoms with Crippen molar-refractivity contribution in [1.29, 1.82) is 0 Å². The van der Waals surface area contributed by atoms with Crippen molar-refractivity contribution in [2.45, 2.75) is 18.2 Å². The van der Waals surface area contributed by atoms with E-state index in [-0.39, 0.29) is 22.2 Å². The first-order valence-corrected chi connectivity index (χ1v) is 11.6. The van der Waals surface area contributed by atoms with Gasteiger partial charge in [0, 0.05) is 12.2 Å². The number of nitrogens with one attached hydrogen (secondary N) is 1. The molecule has 0 fully saturated rings. The molecule has 1 aliphatic rings. The van der Waals surface area contributed by atoms with Crippen LogP contribution in [0.3, 0.4) is 0 Å². The minimum absolute atomic E-state index is 0.0278. The summed E-state index contributed by atoms with van der Waals surface area (Å²) in [5, 5.41) is 4.50. The van der Waals surface area contributed by atoms with Crippen LogP contribution >= 0.6 is 11.3 Å². The number of amides is 1. The van der Waals surface area contributed by atoms with Crippen molar-refractivity contribution in [2.75, 3.05) is 16.8 Å². The van der Waals surface area contributed by atoms with Crippen molar-refractivity contribution in [1.82, 2.24) is 0 Å². The van der Waals surface area contributed by atoms with Gasteiger partial charge in [0.25, 0.3) is 15.9 Å². The molecule has 1 aromatic heterocycles. The van der Waals surface area contributed by atoms with E-state index in [0.29, 0.717) is 29.2 Å². The van der Waals surface area contributed by atoms with Gasteiger partial charge in [-0.25, -0.2) is 4.39 Å². The highest BCUT2D eigenvalue weighted by atomic mass is 32.2. The number of carbonyl (C=O) groups excluding carboxylic acids is 1. The first kappa shape index (κ1) is 20.2. The maximum atomic E-state index is 14.4. The summed E-state index contributed by atoms with van der Waals surface area (Å²) in [5.41, 5.74) is 0.867. The molecule has 1 N–H and O–H groups in total. The van der Waals surface area contributed by atoms with E-state index < -0.39 is 15.8 Å². The Morgan fingerprint density at radius 1 is 1.17 bits per heavy atom. The molecule has 0 saturated carbocycles. The van der Waals surface area contributed by atoms with E-state index >= 15 is 0 Å². The van der Waals surface area contributed by atoms with Crippen LogP contribution in [0, 0.1) is 5.82 Å². The summed E-state index contributed by atoms with van der Waals surface area (Å²) in [6.45, 7) is 2.40. The van der Waals surface area contributed by atoms with Gasteiger partial charge in [0.1, 0.15) is 10.7 Å². The average molecular weight is 444 g/mol.